The molecule has 1 aliphatic heterocycles. The highest BCUT2D eigenvalue weighted by atomic mass is 35.5. The number of anilines is 1. The normalized spacial score (nSPS) is 19.0. The van der Waals surface area contributed by atoms with Crippen LogP contribution < -0.4 is 4.90 Å². The molecule has 1 N–H and O–H groups in total. The standard InChI is InChI=1S/C21H15ClF3N5/c22-15-9-26-17-3-4-19(29-21(17)20(15)11-7-27-28-8-11)30-10-13(24)6-18(30)14-5-12(23)1-2-16(14)25/h1-5,7-9,13,18H,6,10H2,(H,27,28)/t13-,18+/m0/s1. The highest BCUT2D eigenvalue weighted by Crippen LogP contribution is 2.40. The Morgan fingerprint density at radius 2 is 2.00 bits per heavy atom. The van der Waals surface area contributed by atoms with Gasteiger partial charge in [0.1, 0.15) is 29.1 Å². The quantitative estimate of drug-likeness (QED) is 0.484. The lowest BCUT2D eigenvalue weighted by Crippen LogP contribution is -2.25. The monoisotopic (exact) mass is 429 g/mol. The average Bonchev–Trinajstić information content (AvgIpc) is 3.39. The Labute approximate surface area is 174 Å². The van der Waals surface area contributed by atoms with Gasteiger partial charge in [-0.1, -0.05) is 11.6 Å². The molecular weight excluding hydrogens is 415 g/mol. The molecule has 9 heteroatoms. The molecule has 1 fully saturated rings. The van der Waals surface area contributed by atoms with Crippen molar-refractivity contribution in [3.63, 3.8) is 0 Å². The lowest BCUT2D eigenvalue weighted by molar-refractivity contribution is 0.355. The number of benzene rings is 1. The van der Waals surface area contributed by atoms with E-state index in [9.17, 15) is 13.2 Å². The summed E-state index contributed by atoms with van der Waals surface area (Å²) >= 11 is 6.38. The van der Waals surface area contributed by atoms with Crippen LogP contribution in [0.5, 0.6) is 0 Å². The number of hydrogen-bond donors (Lipinski definition) is 1. The molecule has 0 radical (unpaired) electrons. The molecule has 0 unspecified atom stereocenters. The molecule has 0 spiro atoms. The third-order valence-electron chi connectivity index (χ3n) is 5.30. The summed E-state index contributed by atoms with van der Waals surface area (Å²) < 4.78 is 42.6. The first-order valence-electron chi connectivity index (χ1n) is 9.31. The number of pyridine rings is 2. The molecule has 1 aromatic carbocycles. The maximum Gasteiger partial charge on any atom is 0.130 e. The number of nitrogens with one attached hydrogen (secondary N) is 1. The van der Waals surface area contributed by atoms with Gasteiger partial charge >= 0.3 is 0 Å². The first kappa shape index (κ1) is 18.9. The number of fused-ring (bicyclic) bond motifs is 1. The van der Waals surface area contributed by atoms with Gasteiger partial charge in [0, 0.05) is 35.5 Å². The van der Waals surface area contributed by atoms with Gasteiger partial charge in [0.15, 0.2) is 0 Å². The number of nitrogens with zero attached hydrogens (tertiary/aromatic N) is 4. The maximum absolute atomic E-state index is 14.4. The van der Waals surface area contributed by atoms with E-state index in [4.69, 9.17) is 16.6 Å². The average molecular weight is 430 g/mol. The minimum atomic E-state index is -1.19. The topological polar surface area (TPSA) is 57.7 Å². The second-order valence-electron chi connectivity index (χ2n) is 7.17. The van der Waals surface area contributed by atoms with E-state index in [-0.39, 0.29) is 18.5 Å². The molecule has 0 amide bonds. The molecule has 0 saturated carbocycles. The van der Waals surface area contributed by atoms with Gasteiger partial charge in [-0.05, 0) is 30.3 Å². The predicted molar refractivity (Wildman–Crippen MR) is 108 cm³/mol. The Bertz CT molecular complexity index is 1230. The summed E-state index contributed by atoms with van der Waals surface area (Å²) in [6.07, 6.45) is 3.69. The van der Waals surface area contributed by atoms with Crippen molar-refractivity contribution in [3.05, 3.63) is 71.1 Å². The minimum absolute atomic E-state index is 0.0220. The number of halogens is 4. The first-order chi connectivity index (χ1) is 14.5. The van der Waals surface area contributed by atoms with Gasteiger partial charge in [-0.2, -0.15) is 5.10 Å². The number of aromatic nitrogens is 4. The van der Waals surface area contributed by atoms with Crippen LogP contribution in [0.15, 0.2) is 48.9 Å². The van der Waals surface area contributed by atoms with Gasteiger partial charge < -0.3 is 4.90 Å². The van der Waals surface area contributed by atoms with Gasteiger partial charge in [-0.15, -0.1) is 0 Å². The van der Waals surface area contributed by atoms with E-state index in [0.29, 0.717) is 27.4 Å². The molecule has 5 rings (SSSR count). The molecule has 1 aliphatic rings. The van der Waals surface area contributed by atoms with Crippen molar-refractivity contribution in [3.8, 4) is 11.1 Å². The summed E-state index contributed by atoms with van der Waals surface area (Å²) in [7, 11) is 0. The van der Waals surface area contributed by atoms with E-state index in [1.807, 2.05) is 0 Å². The van der Waals surface area contributed by atoms with Gasteiger partial charge in [-0.25, -0.2) is 18.2 Å². The zero-order chi connectivity index (χ0) is 20.8. The Kier molecular flexibility index (Phi) is 4.58. The Morgan fingerprint density at radius 3 is 2.80 bits per heavy atom. The smallest absolute Gasteiger partial charge is 0.130 e. The number of H-pyrrole nitrogens is 1. The van der Waals surface area contributed by atoms with Crippen molar-refractivity contribution >= 4 is 28.5 Å². The fourth-order valence-corrected chi connectivity index (χ4v) is 4.21. The van der Waals surface area contributed by atoms with Crippen molar-refractivity contribution in [2.45, 2.75) is 18.6 Å². The van der Waals surface area contributed by atoms with Crippen molar-refractivity contribution in [1.82, 2.24) is 20.2 Å². The molecule has 152 valence electrons. The second kappa shape index (κ2) is 7.28. The van der Waals surface area contributed by atoms with Crippen LogP contribution in [-0.2, 0) is 0 Å². The highest BCUT2D eigenvalue weighted by molar-refractivity contribution is 6.34. The molecule has 0 aliphatic carbocycles. The fraction of sp³-hybridized carbons (Fsp3) is 0.190. The lowest BCUT2D eigenvalue weighted by atomic mass is 10.0. The molecule has 3 aromatic heterocycles. The Morgan fingerprint density at radius 1 is 1.13 bits per heavy atom. The first-order valence-corrected chi connectivity index (χ1v) is 9.69. The van der Waals surface area contributed by atoms with E-state index in [0.717, 1.165) is 23.8 Å². The Hall–Kier alpha value is -3.13. The van der Waals surface area contributed by atoms with E-state index in [1.54, 1.807) is 29.4 Å². The summed E-state index contributed by atoms with van der Waals surface area (Å²) in [6, 6.07) is 5.99. The SMILES string of the molecule is Fc1ccc(F)c([C@H]2C[C@H](F)CN2c2ccc3ncc(Cl)c(-c4cn[nH]c4)c3n2)c1. The molecule has 2 atom stereocenters. The molecule has 5 nitrogen and oxygen atoms in total. The minimum Gasteiger partial charge on any atom is -0.346 e. The van der Waals surface area contributed by atoms with Gasteiger partial charge in [0.05, 0.1) is 29.3 Å². The van der Waals surface area contributed by atoms with E-state index < -0.39 is 23.8 Å². The van der Waals surface area contributed by atoms with E-state index >= 15 is 0 Å². The highest BCUT2D eigenvalue weighted by Gasteiger charge is 2.36. The summed E-state index contributed by atoms with van der Waals surface area (Å²) in [5.74, 6) is -0.714. The van der Waals surface area contributed by atoms with Gasteiger partial charge in [0.2, 0.25) is 0 Å². The van der Waals surface area contributed by atoms with Crippen LogP contribution in [0, 0.1) is 11.6 Å². The number of alkyl halides is 1. The molecule has 1 saturated heterocycles. The number of rotatable bonds is 3. The summed E-state index contributed by atoms with van der Waals surface area (Å²) in [4.78, 5) is 10.7. The number of hydrogen-bond acceptors (Lipinski definition) is 4. The zero-order valence-electron chi connectivity index (χ0n) is 15.5. The predicted octanol–water partition coefficient (Wildman–Crippen LogP) is 5.24. The van der Waals surface area contributed by atoms with Gasteiger partial charge in [0.25, 0.3) is 0 Å². The Balaban J connectivity index is 1.65. The summed E-state index contributed by atoms with van der Waals surface area (Å²) in [5, 5.41) is 7.09. The van der Waals surface area contributed by atoms with Crippen LogP contribution in [0.4, 0.5) is 19.0 Å². The molecular formula is C21H15ClF3N5. The third-order valence-corrected chi connectivity index (χ3v) is 5.59. The van der Waals surface area contributed by atoms with Crippen molar-refractivity contribution < 1.29 is 13.2 Å². The van der Waals surface area contributed by atoms with Crippen LogP contribution in [0.2, 0.25) is 5.02 Å². The summed E-state index contributed by atoms with van der Waals surface area (Å²) in [6.45, 7) is 0.0220. The van der Waals surface area contributed by atoms with E-state index in [2.05, 4.69) is 15.2 Å². The number of aromatic amines is 1. The second-order valence-corrected chi connectivity index (χ2v) is 7.58. The molecule has 4 aromatic rings. The van der Waals surface area contributed by atoms with Crippen molar-refractivity contribution in [2.24, 2.45) is 0 Å². The van der Waals surface area contributed by atoms with Crippen LogP contribution in [0.25, 0.3) is 22.2 Å². The molecule has 4 heterocycles. The largest absolute Gasteiger partial charge is 0.346 e. The van der Waals surface area contributed by atoms with Crippen LogP contribution in [0.3, 0.4) is 0 Å². The fourth-order valence-electron chi connectivity index (χ4n) is 3.96. The van der Waals surface area contributed by atoms with Crippen molar-refractivity contribution in [1.29, 1.82) is 0 Å². The molecule has 30 heavy (non-hydrogen) atoms. The molecule has 0 bridgehead atoms. The maximum atomic E-state index is 14.4. The van der Waals surface area contributed by atoms with Crippen LogP contribution in [0.1, 0.15) is 18.0 Å². The van der Waals surface area contributed by atoms with Gasteiger partial charge in [-0.3, -0.25) is 10.1 Å². The third kappa shape index (κ3) is 3.17. The lowest BCUT2D eigenvalue weighted by Gasteiger charge is -2.26. The van der Waals surface area contributed by atoms with Crippen LogP contribution >= 0.6 is 11.6 Å². The van der Waals surface area contributed by atoms with Crippen LogP contribution in [-0.4, -0.2) is 32.9 Å². The van der Waals surface area contributed by atoms with E-state index in [1.165, 1.54) is 6.20 Å². The zero-order valence-corrected chi connectivity index (χ0v) is 16.2. The summed E-state index contributed by atoms with van der Waals surface area (Å²) in [5.41, 5.74) is 2.60. The van der Waals surface area contributed by atoms with Crippen molar-refractivity contribution in [2.75, 3.05) is 11.4 Å².